The molecule has 3 rings (SSSR count). The van der Waals surface area contributed by atoms with Gasteiger partial charge < -0.3 is 4.74 Å². The Bertz CT molecular complexity index is 690. The van der Waals surface area contributed by atoms with Gasteiger partial charge in [-0.3, -0.25) is 0 Å². The molecule has 0 radical (unpaired) electrons. The van der Waals surface area contributed by atoms with Crippen LogP contribution in [-0.2, 0) is 4.74 Å². The molecule has 23 heavy (non-hydrogen) atoms. The number of fused-ring (bicyclic) bond motifs is 3. The van der Waals surface area contributed by atoms with E-state index in [0.717, 1.165) is 32.3 Å². The topological polar surface area (TPSA) is 9.23 Å². The highest BCUT2D eigenvalue weighted by Crippen LogP contribution is 2.52. The van der Waals surface area contributed by atoms with Gasteiger partial charge in [0, 0.05) is 6.61 Å². The molecular formula is C22H28O. The lowest BCUT2D eigenvalue weighted by molar-refractivity contribution is 0.00868. The highest BCUT2D eigenvalue weighted by Gasteiger charge is 2.44. The Kier molecular flexibility index (Phi) is 4.59. The quantitative estimate of drug-likeness (QED) is 0.610. The van der Waals surface area contributed by atoms with E-state index in [9.17, 15) is 0 Å². The maximum Gasteiger partial charge on any atom is 0.115 e. The van der Waals surface area contributed by atoms with Gasteiger partial charge in [0.05, 0.1) is 0 Å². The van der Waals surface area contributed by atoms with Crippen molar-refractivity contribution in [3.05, 3.63) is 58.2 Å². The van der Waals surface area contributed by atoms with Crippen LogP contribution in [0.25, 0.3) is 11.6 Å². The number of allylic oxidation sites excluding steroid dienone is 2. The second kappa shape index (κ2) is 6.49. The highest BCUT2D eigenvalue weighted by atomic mass is 16.5. The van der Waals surface area contributed by atoms with Crippen LogP contribution >= 0.6 is 0 Å². The number of hydrogen-bond acceptors (Lipinski definition) is 1. The smallest absolute Gasteiger partial charge is 0.115 e. The van der Waals surface area contributed by atoms with Crippen LogP contribution in [-0.4, -0.2) is 12.2 Å². The number of rotatable bonds is 6. The minimum absolute atomic E-state index is 0.237. The molecule has 1 aromatic carbocycles. The molecule has 2 aliphatic carbocycles. The molecule has 0 saturated carbocycles. The fourth-order valence-corrected chi connectivity index (χ4v) is 4.19. The lowest BCUT2D eigenvalue weighted by Gasteiger charge is -2.41. The summed E-state index contributed by atoms with van der Waals surface area (Å²) >= 11 is 0. The molecule has 0 aromatic heterocycles. The Morgan fingerprint density at radius 2 is 1.74 bits per heavy atom. The Hall–Kier alpha value is -1.60. The van der Waals surface area contributed by atoms with Gasteiger partial charge in [-0.2, -0.15) is 0 Å². The first-order valence-electron chi connectivity index (χ1n) is 9.11. The van der Waals surface area contributed by atoms with E-state index in [-0.39, 0.29) is 5.60 Å². The van der Waals surface area contributed by atoms with E-state index in [4.69, 9.17) is 4.74 Å². The fourth-order valence-electron chi connectivity index (χ4n) is 4.19. The van der Waals surface area contributed by atoms with Crippen LogP contribution < -0.4 is 0 Å². The normalized spacial score (nSPS) is 22.6. The van der Waals surface area contributed by atoms with Crippen molar-refractivity contribution in [1.82, 2.24) is 0 Å². The first kappa shape index (κ1) is 16.3. The molecule has 0 heterocycles. The molecule has 2 aliphatic rings. The van der Waals surface area contributed by atoms with Crippen molar-refractivity contribution in [2.75, 3.05) is 6.61 Å². The molecule has 0 amide bonds. The van der Waals surface area contributed by atoms with Gasteiger partial charge in [0.25, 0.3) is 0 Å². The van der Waals surface area contributed by atoms with Crippen molar-refractivity contribution in [3.63, 3.8) is 0 Å². The van der Waals surface area contributed by atoms with Crippen molar-refractivity contribution >= 4 is 11.6 Å². The predicted octanol–water partition coefficient (Wildman–Crippen LogP) is 6.17. The summed E-state index contributed by atoms with van der Waals surface area (Å²) in [5.41, 5.74) is 8.17. The Morgan fingerprint density at radius 3 is 2.39 bits per heavy atom. The third-order valence-corrected chi connectivity index (χ3v) is 5.25. The van der Waals surface area contributed by atoms with Gasteiger partial charge >= 0.3 is 0 Å². The molecule has 1 aromatic rings. The van der Waals surface area contributed by atoms with E-state index in [0.29, 0.717) is 0 Å². The van der Waals surface area contributed by atoms with E-state index < -0.39 is 0 Å². The van der Waals surface area contributed by atoms with Crippen LogP contribution in [0.1, 0.15) is 64.5 Å². The van der Waals surface area contributed by atoms with E-state index in [1.165, 1.54) is 33.4 Å². The molecule has 0 aliphatic heterocycles. The lowest BCUT2D eigenvalue weighted by atomic mass is 9.72. The largest absolute Gasteiger partial charge is 0.366 e. The van der Waals surface area contributed by atoms with Gasteiger partial charge in [-0.1, -0.05) is 58.0 Å². The van der Waals surface area contributed by atoms with E-state index >= 15 is 0 Å². The average molecular weight is 308 g/mol. The molecule has 0 fully saturated rings. The average Bonchev–Trinajstić information content (AvgIpc) is 2.97. The van der Waals surface area contributed by atoms with Crippen molar-refractivity contribution in [1.29, 1.82) is 0 Å². The van der Waals surface area contributed by atoms with E-state index in [2.05, 4.69) is 64.1 Å². The monoisotopic (exact) mass is 308 g/mol. The summed E-state index contributed by atoms with van der Waals surface area (Å²) in [7, 11) is 0. The zero-order valence-electron chi connectivity index (χ0n) is 14.9. The summed E-state index contributed by atoms with van der Waals surface area (Å²) in [4.78, 5) is 0. The minimum Gasteiger partial charge on any atom is -0.366 e. The molecule has 1 atom stereocenters. The van der Waals surface area contributed by atoms with Gasteiger partial charge in [0.15, 0.2) is 0 Å². The van der Waals surface area contributed by atoms with E-state index in [1.807, 2.05) is 0 Å². The molecule has 0 bridgehead atoms. The molecule has 0 saturated heterocycles. The standard InChI is InChI=1S/C22H28O/c1-5-13-23-22(8-4)20(7-3)16(6-2)14-19-18-12-10-9-11-17(18)15-21(19)22/h9-12,14-15H,5-8,13H2,1-4H3. The summed E-state index contributed by atoms with van der Waals surface area (Å²) in [6.45, 7) is 9.81. The number of benzene rings is 1. The van der Waals surface area contributed by atoms with Crippen LogP contribution in [0.5, 0.6) is 0 Å². The maximum absolute atomic E-state index is 6.58. The zero-order valence-corrected chi connectivity index (χ0v) is 14.9. The molecule has 1 heteroatoms. The second-order valence-corrected chi connectivity index (χ2v) is 6.44. The van der Waals surface area contributed by atoms with Crippen LogP contribution in [0.4, 0.5) is 0 Å². The summed E-state index contributed by atoms with van der Waals surface area (Å²) < 4.78 is 6.58. The molecule has 1 nitrogen and oxygen atoms in total. The highest BCUT2D eigenvalue weighted by molar-refractivity contribution is 5.99. The van der Waals surface area contributed by atoms with E-state index in [1.54, 1.807) is 0 Å². The molecule has 0 spiro atoms. The third kappa shape index (κ3) is 2.42. The molecule has 122 valence electrons. The van der Waals surface area contributed by atoms with Gasteiger partial charge in [-0.25, -0.2) is 0 Å². The molecular weight excluding hydrogens is 280 g/mol. The van der Waals surface area contributed by atoms with Gasteiger partial charge in [0.1, 0.15) is 5.60 Å². The Balaban J connectivity index is 2.22. The van der Waals surface area contributed by atoms with Crippen LogP contribution in [0, 0.1) is 0 Å². The Morgan fingerprint density at radius 1 is 0.957 bits per heavy atom. The van der Waals surface area contributed by atoms with Crippen LogP contribution in [0.15, 0.2) is 47.1 Å². The van der Waals surface area contributed by atoms with Crippen LogP contribution in [0.2, 0.25) is 0 Å². The first-order valence-corrected chi connectivity index (χ1v) is 9.11. The maximum atomic E-state index is 6.58. The van der Waals surface area contributed by atoms with Gasteiger partial charge in [-0.05, 0) is 65.2 Å². The number of hydrogen-bond donors (Lipinski definition) is 0. The predicted molar refractivity (Wildman–Crippen MR) is 99.3 cm³/mol. The lowest BCUT2D eigenvalue weighted by Crippen LogP contribution is -2.39. The summed E-state index contributed by atoms with van der Waals surface area (Å²) in [6.07, 6.45) is 8.95. The fraction of sp³-hybridized carbons (Fsp3) is 0.455. The zero-order chi connectivity index (χ0) is 16.4. The van der Waals surface area contributed by atoms with Gasteiger partial charge in [-0.15, -0.1) is 0 Å². The summed E-state index contributed by atoms with van der Waals surface area (Å²) in [5.74, 6) is 0. The van der Waals surface area contributed by atoms with Crippen LogP contribution in [0.3, 0.4) is 0 Å². The second-order valence-electron chi connectivity index (χ2n) is 6.44. The number of ether oxygens (including phenoxy) is 1. The first-order chi connectivity index (χ1) is 11.2. The molecule has 1 unspecified atom stereocenters. The Labute approximate surface area is 140 Å². The SMILES string of the molecule is CCCOC1(CC)C2=Cc3ccccc3C2=CC(CC)=C1CC. The molecule has 0 N–H and O–H groups in total. The summed E-state index contributed by atoms with van der Waals surface area (Å²) in [6, 6.07) is 8.74. The minimum atomic E-state index is -0.237. The van der Waals surface area contributed by atoms with Crippen molar-refractivity contribution in [2.45, 2.75) is 59.0 Å². The third-order valence-electron chi connectivity index (χ3n) is 5.25. The van der Waals surface area contributed by atoms with Crippen molar-refractivity contribution in [2.24, 2.45) is 0 Å². The van der Waals surface area contributed by atoms with Crippen molar-refractivity contribution in [3.8, 4) is 0 Å². The van der Waals surface area contributed by atoms with Crippen molar-refractivity contribution < 1.29 is 4.74 Å². The van der Waals surface area contributed by atoms with Gasteiger partial charge in [0.2, 0.25) is 0 Å². The summed E-state index contributed by atoms with van der Waals surface area (Å²) in [5, 5.41) is 0.